The highest BCUT2D eigenvalue weighted by Gasteiger charge is 2.51. The van der Waals surface area contributed by atoms with Gasteiger partial charge in [0.2, 0.25) is 17.7 Å². The number of fused-ring (bicyclic) bond motifs is 1. The highest BCUT2D eigenvalue weighted by atomic mass is 16.3. The molecular weight excluding hydrogens is 354 g/mol. The zero-order valence-corrected chi connectivity index (χ0v) is 14.4. The van der Waals surface area contributed by atoms with E-state index in [1.54, 1.807) is 24.4 Å². The number of carbonyl (C=O) groups excluding carboxylic acids is 3. The first-order valence-electron chi connectivity index (χ1n) is 8.76. The smallest absolute Gasteiger partial charge is 0.237 e. The van der Waals surface area contributed by atoms with Crippen molar-refractivity contribution in [3.63, 3.8) is 0 Å². The molecule has 2 saturated heterocycles. The summed E-state index contributed by atoms with van der Waals surface area (Å²) in [6.45, 7) is -0.0412. The van der Waals surface area contributed by atoms with Gasteiger partial charge in [0.15, 0.2) is 0 Å². The van der Waals surface area contributed by atoms with Crippen LogP contribution in [0.5, 0.6) is 0 Å². The van der Waals surface area contributed by atoms with Crippen LogP contribution in [0.25, 0.3) is 5.70 Å². The van der Waals surface area contributed by atoms with E-state index in [1.165, 1.54) is 4.68 Å². The van der Waals surface area contributed by atoms with E-state index in [4.69, 9.17) is 5.11 Å². The number of aromatic nitrogens is 3. The van der Waals surface area contributed by atoms with Crippen LogP contribution < -0.4 is 5.32 Å². The Balaban J connectivity index is 1.58. The predicted octanol–water partition coefficient (Wildman–Crippen LogP) is -1.58. The van der Waals surface area contributed by atoms with Crippen LogP contribution in [-0.2, 0) is 20.8 Å². The van der Waals surface area contributed by atoms with Gasteiger partial charge in [-0.2, -0.15) is 0 Å². The van der Waals surface area contributed by atoms with Gasteiger partial charge < -0.3 is 15.5 Å². The van der Waals surface area contributed by atoms with E-state index in [0.717, 1.165) is 4.90 Å². The fourth-order valence-electron chi connectivity index (χ4n) is 3.73. The Morgan fingerprint density at radius 2 is 2.00 bits per heavy atom. The van der Waals surface area contributed by atoms with Crippen LogP contribution in [0.4, 0.5) is 0 Å². The molecule has 3 aliphatic rings. The molecule has 0 aromatic carbocycles. The molecule has 1 aromatic rings. The molecule has 3 heterocycles. The second-order valence-electron chi connectivity index (χ2n) is 6.80. The number of nitrogens with one attached hydrogen (secondary N) is 1. The Hall–Kier alpha value is -2.85. The number of hydrogen-bond donors (Lipinski definition) is 3. The number of aliphatic hydroxyl groups is 2. The molecule has 10 nitrogen and oxygen atoms in total. The van der Waals surface area contributed by atoms with Crippen LogP contribution in [0.3, 0.4) is 0 Å². The first kappa shape index (κ1) is 17.6. The Bertz CT molecular complexity index is 860. The molecule has 3 amide bonds. The van der Waals surface area contributed by atoms with Gasteiger partial charge in [0.25, 0.3) is 0 Å². The number of aliphatic hydroxyl groups excluding tert-OH is 2. The summed E-state index contributed by atoms with van der Waals surface area (Å²) < 4.78 is 1.49. The maximum absolute atomic E-state index is 12.9. The number of rotatable bonds is 4. The van der Waals surface area contributed by atoms with Crippen molar-refractivity contribution in [3.8, 4) is 0 Å². The number of hydrogen-bond acceptors (Lipinski definition) is 7. The fourth-order valence-corrected chi connectivity index (χ4v) is 3.73. The average Bonchev–Trinajstić information content (AvgIpc) is 3.20. The van der Waals surface area contributed by atoms with E-state index < -0.39 is 30.0 Å². The van der Waals surface area contributed by atoms with Crippen molar-refractivity contribution >= 4 is 23.4 Å². The molecule has 0 spiro atoms. The van der Waals surface area contributed by atoms with Gasteiger partial charge in [-0.1, -0.05) is 11.3 Å². The van der Waals surface area contributed by atoms with Gasteiger partial charge in [0, 0.05) is 19.4 Å². The van der Waals surface area contributed by atoms with E-state index >= 15 is 0 Å². The van der Waals surface area contributed by atoms with E-state index in [2.05, 4.69) is 15.6 Å². The molecular formula is C17H19N5O5. The second-order valence-corrected chi connectivity index (χ2v) is 6.80. The normalized spacial score (nSPS) is 30.4. The molecule has 0 bridgehead atoms. The molecule has 2 fully saturated rings. The third-order valence-electron chi connectivity index (χ3n) is 5.10. The van der Waals surface area contributed by atoms with Gasteiger partial charge in [-0.3, -0.25) is 19.3 Å². The van der Waals surface area contributed by atoms with Crippen molar-refractivity contribution in [2.45, 2.75) is 31.5 Å². The van der Waals surface area contributed by atoms with Crippen molar-refractivity contribution < 1.29 is 24.6 Å². The van der Waals surface area contributed by atoms with Gasteiger partial charge in [0.1, 0.15) is 6.23 Å². The summed E-state index contributed by atoms with van der Waals surface area (Å²) in [4.78, 5) is 38.1. The molecule has 27 heavy (non-hydrogen) atoms. The van der Waals surface area contributed by atoms with Crippen molar-refractivity contribution in [2.24, 2.45) is 11.8 Å². The summed E-state index contributed by atoms with van der Waals surface area (Å²) in [5.74, 6) is -2.40. The maximum Gasteiger partial charge on any atom is 0.237 e. The molecule has 2 aliphatic heterocycles. The van der Waals surface area contributed by atoms with E-state index in [-0.39, 0.29) is 31.3 Å². The van der Waals surface area contributed by atoms with Crippen molar-refractivity contribution in [2.75, 3.05) is 6.61 Å². The minimum Gasteiger partial charge on any atom is -0.396 e. The molecule has 0 saturated carbocycles. The third kappa shape index (κ3) is 2.96. The van der Waals surface area contributed by atoms with Crippen molar-refractivity contribution in [3.05, 3.63) is 30.1 Å². The predicted molar refractivity (Wildman–Crippen MR) is 90.2 cm³/mol. The third-order valence-corrected chi connectivity index (χ3v) is 5.10. The van der Waals surface area contributed by atoms with E-state index in [1.807, 2.05) is 0 Å². The summed E-state index contributed by atoms with van der Waals surface area (Å²) >= 11 is 0. The standard InChI is InChI=1S/C17H19N5O5/c23-6-5-9-8-21(20-19-9)10-1-2-11-12(7-10)17(27)22(16(11)26)13-3-4-14(24)18-15(13)25/h1-2,7-8,11-13,15,23,25H,3-6H2,(H,18,24). The first-order valence-corrected chi connectivity index (χ1v) is 8.76. The zero-order chi connectivity index (χ0) is 19.1. The lowest BCUT2D eigenvalue weighted by Gasteiger charge is -2.34. The number of likely N-dealkylation sites (tertiary alicyclic amines) is 1. The molecule has 1 aromatic heterocycles. The highest BCUT2D eigenvalue weighted by Crippen LogP contribution is 2.36. The highest BCUT2D eigenvalue weighted by molar-refractivity contribution is 6.08. The van der Waals surface area contributed by atoms with Crippen LogP contribution >= 0.6 is 0 Å². The Labute approximate surface area is 154 Å². The maximum atomic E-state index is 12.9. The quantitative estimate of drug-likeness (QED) is 0.542. The monoisotopic (exact) mass is 373 g/mol. The molecule has 4 rings (SSSR count). The Kier molecular flexibility index (Phi) is 4.36. The zero-order valence-electron chi connectivity index (χ0n) is 14.4. The minimum absolute atomic E-state index is 0.0412. The number of carbonyl (C=O) groups is 3. The SMILES string of the molecule is O=C1CCC(N2C(=O)C3C=CC(n4cc(CCO)nn4)=CC3C2=O)C(O)N1. The molecule has 4 unspecified atom stereocenters. The summed E-state index contributed by atoms with van der Waals surface area (Å²) in [6.07, 6.45) is 6.17. The van der Waals surface area contributed by atoms with Crippen LogP contribution in [0.2, 0.25) is 0 Å². The minimum atomic E-state index is -1.26. The van der Waals surface area contributed by atoms with Gasteiger partial charge in [-0.05, 0) is 18.6 Å². The molecule has 1 aliphatic carbocycles. The van der Waals surface area contributed by atoms with E-state index in [9.17, 15) is 19.5 Å². The van der Waals surface area contributed by atoms with Crippen LogP contribution in [0, 0.1) is 11.8 Å². The number of allylic oxidation sites excluding steroid dienone is 2. The van der Waals surface area contributed by atoms with E-state index in [0.29, 0.717) is 17.8 Å². The number of piperidine rings is 1. The molecule has 4 atom stereocenters. The van der Waals surface area contributed by atoms with Gasteiger partial charge in [-0.15, -0.1) is 5.10 Å². The fraction of sp³-hybridized carbons (Fsp3) is 0.471. The summed E-state index contributed by atoms with van der Waals surface area (Å²) in [5, 5.41) is 29.4. The molecule has 0 radical (unpaired) electrons. The van der Waals surface area contributed by atoms with Gasteiger partial charge in [-0.25, -0.2) is 4.68 Å². The summed E-state index contributed by atoms with van der Waals surface area (Å²) in [5.41, 5.74) is 1.22. The topological polar surface area (TPSA) is 138 Å². The van der Waals surface area contributed by atoms with Crippen molar-refractivity contribution in [1.29, 1.82) is 0 Å². The molecule has 3 N–H and O–H groups in total. The number of imide groups is 1. The lowest BCUT2D eigenvalue weighted by atomic mass is 9.90. The summed E-state index contributed by atoms with van der Waals surface area (Å²) in [6, 6.07) is -0.763. The second kappa shape index (κ2) is 6.71. The average molecular weight is 373 g/mol. The van der Waals surface area contributed by atoms with Gasteiger partial charge >= 0.3 is 0 Å². The largest absolute Gasteiger partial charge is 0.396 e. The molecule has 10 heteroatoms. The van der Waals surface area contributed by atoms with Gasteiger partial charge in [0.05, 0.1) is 35.5 Å². The lowest BCUT2D eigenvalue weighted by Crippen LogP contribution is -2.57. The van der Waals surface area contributed by atoms with Crippen molar-refractivity contribution in [1.82, 2.24) is 25.2 Å². The Morgan fingerprint density at radius 1 is 1.22 bits per heavy atom. The number of amides is 3. The Morgan fingerprint density at radius 3 is 2.74 bits per heavy atom. The van der Waals surface area contributed by atoms with Crippen LogP contribution in [-0.4, -0.2) is 66.7 Å². The van der Waals surface area contributed by atoms with Crippen LogP contribution in [0.1, 0.15) is 18.5 Å². The lowest BCUT2D eigenvalue weighted by molar-refractivity contribution is -0.150. The number of nitrogens with zero attached hydrogens (tertiary/aromatic N) is 4. The van der Waals surface area contributed by atoms with Crippen LogP contribution in [0.15, 0.2) is 24.4 Å². The first-order chi connectivity index (χ1) is 13.0. The molecule has 142 valence electrons. The summed E-state index contributed by atoms with van der Waals surface area (Å²) in [7, 11) is 0.